The molecule has 1 aromatic heterocycles. The molecule has 7 nitrogen and oxygen atoms in total. The molecule has 2 heterocycles. The maximum absolute atomic E-state index is 12.9. The van der Waals surface area contributed by atoms with Crippen molar-refractivity contribution in [2.45, 2.75) is 31.2 Å². The summed E-state index contributed by atoms with van der Waals surface area (Å²) in [6.45, 7) is 0.0126. The summed E-state index contributed by atoms with van der Waals surface area (Å²) in [5.74, 6) is -0.280. The van der Waals surface area contributed by atoms with Crippen LogP contribution in [0.4, 0.5) is 43.9 Å². The van der Waals surface area contributed by atoms with E-state index >= 15 is 0 Å². The van der Waals surface area contributed by atoms with Crippen LogP contribution in [0.5, 0.6) is 6.01 Å². The van der Waals surface area contributed by atoms with Gasteiger partial charge in [0.05, 0.1) is 5.56 Å². The molecule has 1 fully saturated rings. The molecule has 0 spiro atoms. The molecule has 13 heteroatoms. The van der Waals surface area contributed by atoms with Crippen molar-refractivity contribution in [2.75, 3.05) is 37.4 Å². The molecule has 0 atom stereocenters. The number of nitrogens with one attached hydrogen (secondary N) is 2. The van der Waals surface area contributed by atoms with Crippen LogP contribution in [0.3, 0.4) is 0 Å². The third kappa shape index (κ3) is 7.12. The standard InChI is InChI=1S/C18H20F6N6O/c1-30-7-5-12(6-8-30)25-14-27-15(29-16(28-14)31-10-17(19,20)21)26-13-4-2-3-11(9-13)18(22,23)24/h2-4,9,12H,5-8,10H2,1H3,(H2,25,26,27,28,29). The normalized spacial score (nSPS) is 16.2. The van der Waals surface area contributed by atoms with Crippen LogP contribution in [-0.2, 0) is 6.18 Å². The number of piperidine rings is 1. The van der Waals surface area contributed by atoms with Crippen LogP contribution in [0.25, 0.3) is 0 Å². The summed E-state index contributed by atoms with van der Waals surface area (Å²) < 4.78 is 80.9. The molecule has 0 saturated carbocycles. The van der Waals surface area contributed by atoms with Gasteiger partial charge in [-0.3, -0.25) is 0 Å². The Hall–Kier alpha value is -2.83. The Balaban J connectivity index is 1.82. The average molecular weight is 450 g/mol. The number of rotatable bonds is 6. The lowest BCUT2D eigenvalue weighted by atomic mass is 10.1. The van der Waals surface area contributed by atoms with E-state index < -0.39 is 30.5 Å². The minimum Gasteiger partial charge on any atom is -0.454 e. The zero-order valence-electron chi connectivity index (χ0n) is 16.4. The number of alkyl halides is 6. The van der Waals surface area contributed by atoms with Gasteiger partial charge in [-0.1, -0.05) is 6.07 Å². The van der Waals surface area contributed by atoms with E-state index in [2.05, 4.69) is 35.2 Å². The van der Waals surface area contributed by atoms with Gasteiger partial charge >= 0.3 is 18.4 Å². The Labute approximate surface area is 173 Å². The number of likely N-dealkylation sites (tertiary alicyclic amines) is 1. The zero-order chi connectivity index (χ0) is 22.6. The predicted molar refractivity (Wildman–Crippen MR) is 100 cm³/mol. The fraction of sp³-hybridized carbons (Fsp3) is 0.500. The van der Waals surface area contributed by atoms with Crippen molar-refractivity contribution in [1.82, 2.24) is 19.9 Å². The van der Waals surface area contributed by atoms with Crippen molar-refractivity contribution < 1.29 is 31.1 Å². The molecule has 2 aromatic rings. The topological polar surface area (TPSA) is 75.2 Å². The minimum atomic E-state index is -4.61. The molecule has 0 aliphatic carbocycles. The van der Waals surface area contributed by atoms with E-state index in [0.29, 0.717) is 0 Å². The summed E-state index contributed by atoms with van der Waals surface area (Å²) >= 11 is 0. The van der Waals surface area contributed by atoms with E-state index in [-0.39, 0.29) is 23.6 Å². The van der Waals surface area contributed by atoms with Gasteiger partial charge in [0.25, 0.3) is 0 Å². The van der Waals surface area contributed by atoms with Gasteiger partial charge in [0.2, 0.25) is 11.9 Å². The molecule has 1 saturated heterocycles. The second-order valence-corrected chi connectivity index (χ2v) is 7.09. The molecular formula is C18H20F6N6O. The highest BCUT2D eigenvalue weighted by Crippen LogP contribution is 2.31. The quantitative estimate of drug-likeness (QED) is 0.643. The molecule has 0 amide bonds. The molecule has 3 rings (SSSR count). The average Bonchev–Trinajstić information content (AvgIpc) is 2.67. The molecule has 170 valence electrons. The minimum absolute atomic E-state index is 0.00744. The second kappa shape index (κ2) is 9.12. The number of aromatic nitrogens is 3. The molecule has 1 aliphatic heterocycles. The van der Waals surface area contributed by atoms with E-state index in [1.54, 1.807) is 0 Å². The number of anilines is 3. The zero-order valence-corrected chi connectivity index (χ0v) is 16.4. The number of halogens is 6. The Kier molecular flexibility index (Phi) is 6.72. The molecule has 2 N–H and O–H groups in total. The number of ether oxygens (including phenoxy) is 1. The van der Waals surface area contributed by atoms with Crippen LogP contribution < -0.4 is 15.4 Å². The van der Waals surface area contributed by atoms with Crippen LogP contribution in [0, 0.1) is 0 Å². The van der Waals surface area contributed by atoms with Crippen LogP contribution in [-0.4, -0.2) is 58.8 Å². The van der Waals surface area contributed by atoms with Gasteiger partial charge in [-0.05, 0) is 51.2 Å². The monoisotopic (exact) mass is 450 g/mol. The van der Waals surface area contributed by atoms with Gasteiger partial charge in [-0.2, -0.15) is 41.3 Å². The number of hydrogen-bond acceptors (Lipinski definition) is 7. The maximum Gasteiger partial charge on any atom is 0.422 e. The van der Waals surface area contributed by atoms with Gasteiger partial charge in [-0.15, -0.1) is 0 Å². The summed E-state index contributed by atoms with van der Waals surface area (Å²) in [4.78, 5) is 13.8. The van der Waals surface area contributed by atoms with Crippen molar-refractivity contribution >= 4 is 17.6 Å². The van der Waals surface area contributed by atoms with Crippen LogP contribution in [0.15, 0.2) is 24.3 Å². The number of hydrogen-bond donors (Lipinski definition) is 2. The largest absolute Gasteiger partial charge is 0.454 e. The lowest BCUT2D eigenvalue weighted by Crippen LogP contribution is -2.37. The Morgan fingerprint density at radius 3 is 2.35 bits per heavy atom. The molecule has 1 aliphatic rings. The van der Waals surface area contributed by atoms with Gasteiger partial charge < -0.3 is 20.3 Å². The van der Waals surface area contributed by atoms with Gasteiger partial charge in [0, 0.05) is 11.7 Å². The lowest BCUT2D eigenvalue weighted by Gasteiger charge is -2.29. The first-order valence-electron chi connectivity index (χ1n) is 9.33. The third-order valence-corrected chi connectivity index (χ3v) is 4.48. The first kappa shape index (κ1) is 22.8. The Morgan fingerprint density at radius 2 is 1.71 bits per heavy atom. The number of benzene rings is 1. The van der Waals surface area contributed by atoms with Gasteiger partial charge in [0.15, 0.2) is 6.61 Å². The summed E-state index contributed by atoms with van der Waals surface area (Å²) in [6, 6.07) is 3.64. The second-order valence-electron chi connectivity index (χ2n) is 7.09. The molecule has 0 unspecified atom stereocenters. The maximum atomic E-state index is 12.9. The van der Waals surface area contributed by atoms with Gasteiger partial charge in [0.1, 0.15) is 0 Å². The van der Waals surface area contributed by atoms with E-state index in [1.807, 2.05) is 7.05 Å². The fourth-order valence-corrected chi connectivity index (χ4v) is 2.93. The molecule has 0 radical (unpaired) electrons. The first-order valence-corrected chi connectivity index (χ1v) is 9.33. The van der Waals surface area contributed by atoms with Crippen molar-refractivity contribution in [1.29, 1.82) is 0 Å². The van der Waals surface area contributed by atoms with E-state index in [1.165, 1.54) is 12.1 Å². The van der Waals surface area contributed by atoms with Crippen LogP contribution in [0.1, 0.15) is 18.4 Å². The summed E-state index contributed by atoms with van der Waals surface area (Å²) in [5, 5.41) is 5.60. The fourth-order valence-electron chi connectivity index (χ4n) is 2.93. The lowest BCUT2D eigenvalue weighted by molar-refractivity contribution is -0.154. The predicted octanol–water partition coefficient (Wildman–Crippen LogP) is 4.08. The van der Waals surface area contributed by atoms with E-state index in [9.17, 15) is 26.3 Å². The van der Waals surface area contributed by atoms with Crippen molar-refractivity contribution in [3.05, 3.63) is 29.8 Å². The third-order valence-electron chi connectivity index (χ3n) is 4.48. The molecular weight excluding hydrogens is 430 g/mol. The van der Waals surface area contributed by atoms with E-state index in [0.717, 1.165) is 38.1 Å². The Morgan fingerprint density at radius 1 is 1.03 bits per heavy atom. The van der Waals surface area contributed by atoms with E-state index in [4.69, 9.17) is 0 Å². The first-order chi connectivity index (χ1) is 14.5. The van der Waals surface area contributed by atoms with Crippen LogP contribution in [0.2, 0.25) is 0 Å². The molecule has 0 bridgehead atoms. The van der Waals surface area contributed by atoms with Crippen molar-refractivity contribution in [2.24, 2.45) is 0 Å². The highest BCUT2D eigenvalue weighted by molar-refractivity contribution is 5.56. The summed E-state index contributed by atoms with van der Waals surface area (Å²) in [6.07, 6.45) is -7.64. The SMILES string of the molecule is CN1CCC(Nc2nc(Nc3cccc(C(F)(F)F)c3)nc(OCC(F)(F)F)n2)CC1. The highest BCUT2D eigenvalue weighted by atomic mass is 19.4. The van der Waals surface area contributed by atoms with Gasteiger partial charge in [-0.25, -0.2) is 0 Å². The molecule has 31 heavy (non-hydrogen) atoms. The van der Waals surface area contributed by atoms with Crippen LogP contribution >= 0.6 is 0 Å². The molecule has 1 aromatic carbocycles. The van der Waals surface area contributed by atoms with Crippen molar-refractivity contribution in [3.8, 4) is 6.01 Å². The number of nitrogens with zero attached hydrogens (tertiary/aromatic N) is 4. The summed E-state index contributed by atoms with van der Waals surface area (Å²) in [5.41, 5.74) is -0.891. The Bertz CT molecular complexity index is 883. The smallest absolute Gasteiger partial charge is 0.422 e. The highest BCUT2D eigenvalue weighted by Gasteiger charge is 2.31. The van der Waals surface area contributed by atoms with Crippen molar-refractivity contribution in [3.63, 3.8) is 0 Å². The summed E-state index contributed by atoms with van der Waals surface area (Å²) in [7, 11) is 1.97.